The number of nitrogens with one attached hydrogen (secondary N) is 2. The van der Waals surface area contributed by atoms with Crippen molar-refractivity contribution in [2.45, 2.75) is 0 Å². The Labute approximate surface area is 174 Å². The first-order valence-corrected chi connectivity index (χ1v) is 9.47. The number of aromatic nitrogens is 8. The number of pyridine rings is 2. The van der Waals surface area contributed by atoms with Crippen LogP contribution in [0.4, 0.5) is 4.39 Å². The van der Waals surface area contributed by atoms with Crippen LogP contribution in [0.1, 0.15) is 0 Å². The van der Waals surface area contributed by atoms with Gasteiger partial charge in [-0.3, -0.25) is 10.1 Å². The molecule has 8 nitrogen and oxygen atoms in total. The molecule has 6 rings (SSSR count). The van der Waals surface area contributed by atoms with Crippen LogP contribution in [0.15, 0.2) is 67.5 Å². The number of hydrogen-bond acceptors (Lipinski definition) is 6. The van der Waals surface area contributed by atoms with Gasteiger partial charge in [0.1, 0.15) is 23.4 Å². The molecule has 0 atom stereocenters. The van der Waals surface area contributed by atoms with E-state index >= 15 is 0 Å². The molecule has 0 saturated heterocycles. The summed E-state index contributed by atoms with van der Waals surface area (Å²) in [5.41, 5.74) is 5.66. The van der Waals surface area contributed by atoms with Crippen molar-refractivity contribution in [1.29, 1.82) is 0 Å². The Bertz CT molecular complexity index is 1550. The second-order valence-corrected chi connectivity index (χ2v) is 6.97. The first-order valence-electron chi connectivity index (χ1n) is 9.47. The van der Waals surface area contributed by atoms with Gasteiger partial charge >= 0.3 is 0 Å². The lowest BCUT2D eigenvalue weighted by Crippen LogP contribution is -1.87. The minimum absolute atomic E-state index is 0.325. The van der Waals surface area contributed by atoms with Crippen LogP contribution in [0.3, 0.4) is 0 Å². The summed E-state index contributed by atoms with van der Waals surface area (Å²) in [5.74, 6) is 0.240. The summed E-state index contributed by atoms with van der Waals surface area (Å²) in [4.78, 5) is 25.1. The molecule has 0 aliphatic rings. The highest BCUT2D eigenvalue weighted by atomic mass is 19.1. The van der Waals surface area contributed by atoms with Crippen molar-refractivity contribution >= 4 is 22.1 Å². The number of hydrogen-bond donors (Lipinski definition) is 2. The van der Waals surface area contributed by atoms with E-state index in [1.807, 2.05) is 12.1 Å². The summed E-state index contributed by atoms with van der Waals surface area (Å²) in [6, 6.07) is 10.1. The number of aromatic amines is 2. The molecule has 0 amide bonds. The maximum Gasteiger partial charge on any atom is 0.159 e. The van der Waals surface area contributed by atoms with Gasteiger partial charge < -0.3 is 4.98 Å². The molecule has 31 heavy (non-hydrogen) atoms. The highest BCUT2D eigenvalue weighted by molar-refractivity contribution is 5.96. The average Bonchev–Trinajstić information content (AvgIpc) is 3.43. The summed E-state index contributed by atoms with van der Waals surface area (Å²) < 4.78 is 13.7. The molecule has 0 aliphatic heterocycles. The van der Waals surface area contributed by atoms with Crippen molar-refractivity contribution in [3.63, 3.8) is 0 Å². The van der Waals surface area contributed by atoms with Gasteiger partial charge in [0, 0.05) is 41.5 Å². The van der Waals surface area contributed by atoms with Gasteiger partial charge in [0.2, 0.25) is 0 Å². The molecule has 1 aromatic carbocycles. The van der Waals surface area contributed by atoms with E-state index in [4.69, 9.17) is 4.98 Å². The SMILES string of the molecule is Fc1cccc(-c2nccc3[nH]c(-c4n[nH]c5ncc(-c6cncnc6)cc45)nc23)c1. The molecule has 5 aromatic heterocycles. The lowest BCUT2D eigenvalue weighted by Gasteiger charge is -2.01. The zero-order valence-electron chi connectivity index (χ0n) is 15.9. The number of nitrogens with zero attached hydrogens (tertiary/aromatic N) is 6. The molecule has 2 N–H and O–H groups in total. The summed E-state index contributed by atoms with van der Waals surface area (Å²) in [6.45, 7) is 0. The van der Waals surface area contributed by atoms with Crippen LogP contribution in [0, 0.1) is 5.82 Å². The quantitative estimate of drug-likeness (QED) is 0.455. The van der Waals surface area contributed by atoms with Gasteiger partial charge in [-0.15, -0.1) is 0 Å². The number of rotatable bonds is 3. The van der Waals surface area contributed by atoms with E-state index in [2.05, 4.69) is 35.1 Å². The zero-order chi connectivity index (χ0) is 20.8. The Balaban J connectivity index is 1.52. The lowest BCUT2D eigenvalue weighted by molar-refractivity contribution is 0.628. The van der Waals surface area contributed by atoms with Gasteiger partial charge in [-0.2, -0.15) is 5.10 Å². The fourth-order valence-corrected chi connectivity index (χ4v) is 3.58. The Kier molecular flexibility index (Phi) is 3.79. The van der Waals surface area contributed by atoms with E-state index < -0.39 is 0 Å². The molecular formula is C22H13FN8. The van der Waals surface area contributed by atoms with Crippen molar-refractivity contribution in [1.82, 2.24) is 40.1 Å². The Morgan fingerprint density at radius 1 is 0.839 bits per heavy atom. The van der Waals surface area contributed by atoms with E-state index in [0.29, 0.717) is 33.9 Å². The molecule has 0 aliphatic carbocycles. The average molecular weight is 408 g/mol. The third-order valence-corrected chi connectivity index (χ3v) is 5.03. The minimum atomic E-state index is -0.325. The van der Waals surface area contributed by atoms with Crippen LogP contribution in [-0.4, -0.2) is 40.1 Å². The molecule has 0 saturated carbocycles. The number of halogens is 1. The van der Waals surface area contributed by atoms with Crippen molar-refractivity contribution in [2.75, 3.05) is 0 Å². The number of benzene rings is 1. The molecule has 0 fully saturated rings. The maximum absolute atomic E-state index is 13.7. The Morgan fingerprint density at radius 2 is 1.74 bits per heavy atom. The van der Waals surface area contributed by atoms with Crippen molar-refractivity contribution < 1.29 is 4.39 Å². The second kappa shape index (κ2) is 6.77. The van der Waals surface area contributed by atoms with Gasteiger partial charge in [-0.05, 0) is 24.3 Å². The minimum Gasteiger partial charge on any atom is -0.336 e. The first-order chi connectivity index (χ1) is 15.3. The van der Waals surface area contributed by atoms with Gasteiger partial charge in [0.25, 0.3) is 0 Å². The van der Waals surface area contributed by atoms with Crippen LogP contribution in [0.5, 0.6) is 0 Å². The largest absolute Gasteiger partial charge is 0.336 e. The van der Waals surface area contributed by atoms with Crippen molar-refractivity contribution in [2.24, 2.45) is 0 Å². The molecular weight excluding hydrogens is 395 g/mol. The van der Waals surface area contributed by atoms with Crippen LogP contribution >= 0.6 is 0 Å². The zero-order valence-corrected chi connectivity index (χ0v) is 15.9. The monoisotopic (exact) mass is 408 g/mol. The van der Waals surface area contributed by atoms with E-state index in [1.54, 1.807) is 36.9 Å². The molecule has 5 heterocycles. The molecule has 6 aromatic rings. The van der Waals surface area contributed by atoms with E-state index in [9.17, 15) is 4.39 Å². The molecule has 148 valence electrons. The van der Waals surface area contributed by atoms with Gasteiger partial charge in [-0.25, -0.2) is 24.3 Å². The number of fused-ring (bicyclic) bond motifs is 2. The van der Waals surface area contributed by atoms with Crippen LogP contribution in [0.2, 0.25) is 0 Å². The standard InChI is InChI=1S/C22H13FN8/c23-15-3-1-2-12(6-15)18-20-17(4-5-26-18)28-22(29-20)19-16-7-13(10-27-21(16)31-30-19)14-8-24-11-25-9-14/h1-11H,(H,28,29)(H,27,30,31). The predicted octanol–water partition coefficient (Wildman–Crippen LogP) is 4.16. The predicted molar refractivity (Wildman–Crippen MR) is 113 cm³/mol. The van der Waals surface area contributed by atoms with Gasteiger partial charge in [0.05, 0.1) is 16.6 Å². The normalized spacial score (nSPS) is 11.4. The molecule has 0 spiro atoms. The number of imidazole rings is 1. The van der Waals surface area contributed by atoms with E-state index in [1.165, 1.54) is 18.5 Å². The third kappa shape index (κ3) is 2.91. The Morgan fingerprint density at radius 3 is 2.61 bits per heavy atom. The highest BCUT2D eigenvalue weighted by Crippen LogP contribution is 2.31. The van der Waals surface area contributed by atoms with Crippen LogP contribution in [-0.2, 0) is 0 Å². The topological polar surface area (TPSA) is 109 Å². The summed E-state index contributed by atoms with van der Waals surface area (Å²) in [7, 11) is 0. The summed E-state index contributed by atoms with van der Waals surface area (Å²) in [6.07, 6.45) is 8.36. The summed E-state index contributed by atoms with van der Waals surface area (Å²) >= 11 is 0. The fourth-order valence-electron chi connectivity index (χ4n) is 3.58. The molecule has 0 bridgehead atoms. The van der Waals surface area contributed by atoms with Gasteiger partial charge in [0.15, 0.2) is 11.5 Å². The third-order valence-electron chi connectivity index (χ3n) is 5.03. The highest BCUT2D eigenvalue weighted by Gasteiger charge is 2.17. The molecule has 0 radical (unpaired) electrons. The smallest absolute Gasteiger partial charge is 0.159 e. The van der Waals surface area contributed by atoms with Crippen LogP contribution < -0.4 is 0 Å². The lowest BCUT2D eigenvalue weighted by atomic mass is 10.1. The van der Waals surface area contributed by atoms with Gasteiger partial charge in [-0.1, -0.05) is 12.1 Å². The van der Waals surface area contributed by atoms with E-state index in [-0.39, 0.29) is 5.82 Å². The van der Waals surface area contributed by atoms with Crippen molar-refractivity contribution in [3.8, 4) is 33.9 Å². The number of H-pyrrole nitrogens is 2. The van der Waals surface area contributed by atoms with Crippen LogP contribution in [0.25, 0.3) is 56.0 Å². The fraction of sp³-hybridized carbons (Fsp3) is 0. The summed E-state index contributed by atoms with van der Waals surface area (Å²) in [5, 5.41) is 8.17. The van der Waals surface area contributed by atoms with Crippen molar-refractivity contribution in [3.05, 3.63) is 73.3 Å². The van der Waals surface area contributed by atoms with E-state index in [0.717, 1.165) is 22.0 Å². The second-order valence-electron chi connectivity index (χ2n) is 6.97. The maximum atomic E-state index is 13.7. The molecule has 0 unspecified atom stereocenters. The molecule has 9 heteroatoms. The Hall–Kier alpha value is -4.53. The first kappa shape index (κ1) is 17.3.